The highest BCUT2D eigenvalue weighted by Crippen LogP contribution is 2.26. The Bertz CT molecular complexity index is 584. The van der Waals surface area contributed by atoms with Gasteiger partial charge in [0.1, 0.15) is 0 Å². The van der Waals surface area contributed by atoms with Crippen LogP contribution in [0.4, 0.5) is 0 Å². The highest BCUT2D eigenvalue weighted by molar-refractivity contribution is 6.55. The summed E-state index contributed by atoms with van der Waals surface area (Å²) in [6, 6.07) is 5.73. The van der Waals surface area contributed by atoms with E-state index in [1.54, 1.807) is 20.1 Å². The third-order valence-corrected chi connectivity index (χ3v) is 4.12. The van der Waals surface area contributed by atoms with Crippen molar-refractivity contribution in [3.8, 4) is 0 Å². The number of halogens is 1. The van der Waals surface area contributed by atoms with Crippen LogP contribution in [0.1, 0.15) is 27.7 Å². The van der Waals surface area contributed by atoms with E-state index in [1.165, 1.54) is 0 Å². The number of hydrogen-bond acceptors (Lipinski definition) is 3. The molecule has 2 aromatic rings. The molecule has 5 heteroatoms. The standard InChI is InChI=1S/C14H18BClO3/c1-13(2,17)14(3,4)19-15-10-6-5-9-7-8-18-12(9)11(10)16/h5-8,15,17H,1-4H3. The summed E-state index contributed by atoms with van der Waals surface area (Å²) >= 11 is 6.29. The highest BCUT2D eigenvalue weighted by Gasteiger charge is 2.35. The Morgan fingerprint density at radius 3 is 2.53 bits per heavy atom. The van der Waals surface area contributed by atoms with Crippen molar-refractivity contribution in [2.75, 3.05) is 0 Å². The summed E-state index contributed by atoms with van der Waals surface area (Å²) in [5, 5.41) is 11.6. The van der Waals surface area contributed by atoms with Crippen LogP contribution in [0.2, 0.25) is 5.02 Å². The molecule has 0 aliphatic heterocycles. The van der Waals surface area contributed by atoms with E-state index in [9.17, 15) is 5.11 Å². The molecule has 1 aromatic heterocycles. The molecule has 0 bridgehead atoms. The molecule has 2 rings (SSSR count). The van der Waals surface area contributed by atoms with Gasteiger partial charge < -0.3 is 14.2 Å². The summed E-state index contributed by atoms with van der Waals surface area (Å²) in [5.74, 6) is 0. The summed E-state index contributed by atoms with van der Waals surface area (Å²) in [4.78, 5) is 0. The Labute approximate surface area is 118 Å². The summed E-state index contributed by atoms with van der Waals surface area (Å²) in [6.07, 6.45) is 1.61. The maximum Gasteiger partial charge on any atom is 0.311 e. The van der Waals surface area contributed by atoms with E-state index >= 15 is 0 Å². The van der Waals surface area contributed by atoms with Gasteiger partial charge in [0.15, 0.2) is 5.58 Å². The zero-order valence-corrected chi connectivity index (χ0v) is 12.4. The van der Waals surface area contributed by atoms with Gasteiger partial charge in [0, 0.05) is 5.39 Å². The highest BCUT2D eigenvalue weighted by atomic mass is 35.5. The van der Waals surface area contributed by atoms with Gasteiger partial charge in [-0.25, -0.2) is 0 Å². The Hall–Kier alpha value is -0.965. The molecule has 0 atom stereocenters. The Morgan fingerprint density at radius 1 is 1.21 bits per heavy atom. The maximum absolute atomic E-state index is 10.1. The molecule has 0 unspecified atom stereocenters. The summed E-state index contributed by atoms with van der Waals surface area (Å²) < 4.78 is 11.2. The van der Waals surface area contributed by atoms with Crippen LogP contribution in [-0.4, -0.2) is 23.8 Å². The lowest BCUT2D eigenvalue weighted by Gasteiger charge is -2.37. The summed E-state index contributed by atoms with van der Waals surface area (Å²) in [5.41, 5.74) is -0.0897. The first-order valence-electron chi connectivity index (χ1n) is 6.23. The van der Waals surface area contributed by atoms with Crippen LogP contribution in [-0.2, 0) is 4.65 Å². The molecule has 1 heterocycles. The van der Waals surface area contributed by atoms with Crippen molar-refractivity contribution in [1.82, 2.24) is 0 Å². The molecule has 3 nitrogen and oxygen atoms in total. The van der Waals surface area contributed by atoms with Crippen LogP contribution in [0.5, 0.6) is 0 Å². The van der Waals surface area contributed by atoms with E-state index in [2.05, 4.69) is 0 Å². The lowest BCUT2D eigenvalue weighted by Crippen LogP contribution is -2.49. The molecule has 1 N–H and O–H groups in total. The molecular formula is C14H18BClO3. The van der Waals surface area contributed by atoms with Crippen LogP contribution in [0.3, 0.4) is 0 Å². The monoisotopic (exact) mass is 280 g/mol. The van der Waals surface area contributed by atoms with Crippen molar-refractivity contribution >= 4 is 35.5 Å². The Balaban J connectivity index is 2.21. The number of fused-ring (bicyclic) bond motifs is 1. The second-order valence-corrected chi connectivity index (χ2v) is 6.11. The number of benzene rings is 1. The van der Waals surface area contributed by atoms with E-state index in [-0.39, 0.29) is 0 Å². The minimum Gasteiger partial charge on any atom is -0.463 e. The van der Waals surface area contributed by atoms with Crippen molar-refractivity contribution in [2.45, 2.75) is 38.9 Å². The largest absolute Gasteiger partial charge is 0.463 e. The predicted octanol–water partition coefficient (Wildman–Crippen LogP) is 2.63. The molecule has 0 saturated carbocycles. The van der Waals surface area contributed by atoms with Gasteiger partial charge in [-0.3, -0.25) is 0 Å². The van der Waals surface area contributed by atoms with Gasteiger partial charge in [0.05, 0.1) is 22.5 Å². The van der Waals surface area contributed by atoms with Crippen LogP contribution >= 0.6 is 11.6 Å². The third kappa shape index (κ3) is 2.81. The average molecular weight is 281 g/mol. The van der Waals surface area contributed by atoms with Crippen molar-refractivity contribution < 1.29 is 14.2 Å². The van der Waals surface area contributed by atoms with E-state index < -0.39 is 11.2 Å². The zero-order chi connectivity index (χ0) is 14.3. The summed E-state index contributed by atoms with van der Waals surface area (Å²) in [6.45, 7) is 7.16. The molecule has 0 aliphatic carbocycles. The number of hydrogen-bond donors (Lipinski definition) is 1. The third-order valence-electron chi connectivity index (χ3n) is 3.70. The zero-order valence-electron chi connectivity index (χ0n) is 11.7. The van der Waals surface area contributed by atoms with Gasteiger partial charge >= 0.3 is 7.48 Å². The normalized spacial score (nSPS) is 12.9. The van der Waals surface area contributed by atoms with Crippen molar-refractivity contribution in [1.29, 1.82) is 0 Å². The van der Waals surface area contributed by atoms with Crippen molar-refractivity contribution in [2.24, 2.45) is 0 Å². The Morgan fingerprint density at radius 2 is 1.89 bits per heavy atom. The quantitative estimate of drug-likeness (QED) is 0.876. The molecule has 0 spiro atoms. The molecular weight excluding hydrogens is 262 g/mol. The fourth-order valence-corrected chi connectivity index (χ4v) is 1.86. The van der Waals surface area contributed by atoms with E-state index in [4.69, 9.17) is 20.7 Å². The SMILES string of the molecule is CC(C)(O)C(C)(C)OBc1ccc2ccoc2c1Cl. The van der Waals surface area contributed by atoms with Gasteiger partial charge in [-0.05, 0) is 39.2 Å². The predicted molar refractivity (Wildman–Crippen MR) is 79.5 cm³/mol. The molecule has 0 saturated heterocycles. The lowest BCUT2D eigenvalue weighted by molar-refractivity contribution is -0.0893. The van der Waals surface area contributed by atoms with Crippen LogP contribution in [0.15, 0.2) is 28.9 Å². The van der Waals surface area contributed by atoms with Crippen LogP contribution < -0.4 is 5.46 Å². The van der Waals surface area contributed by atoms with Gasteiger partial charge in [-0.2, -0.15) is 0 Å². The fraction of sp³-hybridized carbons (Fsp3) is 0.429. The number of aliphatic hydroxyl groups is 1. The fourth-order valence-electron chi connectivity index (χ4n) is 1.58. The lowest BCUT2D eigenvalue weighted by atomic mass is 9.82. The minimum absolute atomic E-state index is 0.326. The molecule has 0 amide bonds. The minimum atomic E-state index is -0.936. The molecule has 0 aliphatic rings. The first-order valence-corrected chi connectivity index (χ1v) is 6.61. The van der Waals surface area contributed by atoms with Crippen molar-refractivity contribution in [3.63, 3.8) is 0 Å². The maximum atomic E-state index is 10.1. The van der Waals surface area contributed by atoms with E-state index in [0.717, 1.165) is 10.8 Å². The molecule has 0 radical (unpaired) electrons. The smallest absolute Gasteiger partial charge is 0.311 e. The summed E-state index contributed by atoms with van der Waals surface area (Å²) in [7, 11) is 0.326. The Kier molecular flexibility index (Phi) is 3.69. The van der Waals surface area contributed by atoms with Crippen LogP contribution in [0.25, 0.3) is 11.0 Å². The first kappa shape index (κ1) is 14.4. The molecule has 0 fully saturated rings. The second kappa shape index (κ2) is 4.86. The number of rotatable bonds is 4. The number of furan rings is 1. The topological polar surface area (TPSA) is 42.6 Å². The van der Waals surface area contributed by atoms with Gasteiger partial charge in [-0.1, -0.05) is 23.7 Å². The first-order chi connectivity index (χ1) is 8.72. The van der Waals surface area contributed by atoms with Gasteiger partial charge in [0.2, 0.25) is 0 Å². The average Bonchev–Trinajstić information content (AvgIpc) is 2.75. The molecule has 102 valence electrons. The van der Waals surface area contributed by atoms with Crippen LogP contribution in [0, 0.1) is 0 Å². The van der Waals surface area contributed by atoms with Gasteiger partial charge in [0.25, 0.3) is 0 Å². The van der Waals surface area contributed by atoms with Crippen molar-refractivity contribution in [3.05, 3.63) is 29.5 Å². The second-order valence-electron chi connectivity index (χ2n) is 5.74. The molecule has 1 aromatic carbocycles. The van der Waals surface area contributed by atoms with E-state index in [0.29, 0.717) is 18.1 Å². The van der Waals surface area contributed by atoms with E-state index in [1.807, 2.05) is 32.0 Å². The molecule has 19 heavy (non-hydrogen) atoms. The van der Waals surface area contributed by atoms with Gasteiger partial charge in [-0.15, -0.1) is 0 Å².